The third-order valence-corrected chi connectivity index (χ3v) is 4.71. The Balaban J connectivity index is 1.81. The molecule has 0 amide bonds. The molecule has 6 nitrogen and oxygen atoms in total. The van der Waals surface area contributed by atoms with E-state index >= 15 is 0 Å². The maximum absolute atomic E-state index is 12.3. The van der Waals surface area contributed by atoms with E-state index in [0.29, 0.717) is 16.8 Å². The van der Waals surface area contributed by atoms with Crippen LogP contribution < -0.4 is 9.46 Å². The monoisotopic (exact) mass is 383 g/mol. The number of hydrogen-bond acceptors (Lipinski definition) is 4. The summed E-state index contributed by atoms with van der Waals surface area (Å²) >= 11 is 0. The number of carboxylic acid groups (broad SMARTS) is 1. The Labute approximate surface area is 156 Å². The molecule has 3 aromatic rings. The molecule has 2 N–H and O–H groups in total. The van der Waals surface area contributed by atoms with Gasteiger partial charge in [-0.15, -0.1) is 0 Å². The molecule has 3 aromatic carbocycles. The molecule has 0 aromatic heterocycles. The van der Waals surface area contributed by atoms with E-state index in [1.165, 1.54) is 6.08 Å². The fraction of sp³-hybridized carbons (Fsp3) is 0.0500. The van der Waals surface area contributed by atoms with Gasteiger partial charge in [0, 0.05) is 11.1 Å². The Kier molecular flexibility index (Phi) is 5.42. The summed E-state index contributed by atoms with van der Waals surface area (Å²) < 4.78 is 32.3. The van der Waals surface area contributed by atoms with Gasteiger partial charge in [0.15, 0.2) is 6.61 Å². The van der Waals surface area contributed by atoms with Crippen molar-refractivity contribution in [1.82, 2.24) is 0 Å². The van der Waals surface area contributed by atoms with Crippen LogP contribution in [0.1, 0.15) is 5.56 Å². The zero-order valence-electron chi connectivity index (χ0n) is 14.2. The summed E-state index contributed by atoms with van der Waals surface area (Å²) in [4.78, 5) is 10.7. The average molecular weight is 383 g/mol. The summed E-state index contributed by atoms with van der Waals surface area (Å²) in [5, 5.41) is 11.3. The maximum atomic E-state index is 12.3. The number of benzene rings is 3. The highest BCUT2D eigenvalue weighted by molar-refractivity contribution is 7.95. The smallest absolute Gasteiger partial charge is 0.341 e. The molecule has 3 rings (SSSR count). The highest BCUT2D eigenvalue weighted by Gasteiger charge is 2.09. The molecule has 7 heteroatoms. The van der Waals surface area contributed by atoms with Crippen LogP contribution in [0.3, 0.4) is 0 Å². The van der Waals surface area contributed by atoms with Gasteiger partial charge in [-0.25, -0.2) is 13.2 Å². The molecule has 0 fully saturated rings. The molecule has 138 valence electrons. The van der Waals surface area contributed by atoms with Crippen molar-refractivity contribution >= 4 is 38.5 Å². The van der Waals surface area contributed by atoms with Crippen molar-refractivity contribution in [3.63, 3.8) is 0 Å². The van der Waals surface area contributed by atoms with Crippen LogP contribution >= 0.6 is 0 Å². The van der Waals surface area contributed by atoms with E-state index in [2.05, 4.69) is 4.72 Å². The minimum Gasteiger partial charge on any atom is -0.481 e. The summed E-state index contributed by atoms with van der Waals surface area (Å²) in [7, 11) is -3.67. The van der Waals surface area contributed by atoms with E-state index in [1.54, 1.807) is 48.5 Å². The molecule has 0 aliphatic rings. The van der Waals surface area contributed by atoms with Crippen LogP contribution in [0.5, 0.6) is 5.75 Å². The Morgan fingerprint density at radius 1 is 1.04 bits per heavy atom. The molecule has 0 heterocycles. The third-order valence-electron chi connectivity index (χ3n) is 3.69. The van der Waals surface area contributed by atoms with Gasteiger partial charge in [0.2, 0.25) is 0 Å². The standard InChI is InChI=1S/C20H17NO5S/c22-20(23)14-26-19-8-4-7-16-13-17(9-10-18(16)19)21-27(24,25)12-11-15-5-2-1-3-6-15/h1-13,21H,14H2,(H,22,23)/b12-11+. The third kappa shape index (κ3) is 5.08. The van der Waals surface area contributed by atoms with E-state index in [0.717, 1.165) is 16.4 Å². The van der Waals surface area contributed by atoms with Crippen LogP contribution in [0, 0.1) is 0 Å². The zero-order valence-corrected chi connectivity index (χ0v) is 15.0. The lowest BCUT2D eigenvalue weighted by molar-refractivity contribution is -0.139. The van der Waals surface area contributed by atoms with Crippen molar-refractivity contribution < 1.29 is 23.1 Å². The van der Waals surface area contributed by atoms with E-state index in [-0.39, 0.29) is 0 Å². The van der Waals surface area contributed by atoms with Crippen LogP contribution in [-0.4, -0.2) is 26.1 Å². The second-order valence-corrected chi connectivity index (χ2v) is 7.30. The van der Waals surface area contributed by atoms with Crippen molar-refractivity contribution in [2.45, 2.75) is 0 Å². The number of carboxylic acids is 1. The molecular weight excluding hydrogens is 366 g/mol. The van der Waals surface area contributed by atoms with Gasteiger partial charge in [-0.2, -0.15) is 0 Å². The van der Waals surface area contributed by atoms with Crippen molar-refractivity contribution in [1.29, 1.82) is 0 Å². The molecule has 0 spiro atoms. The van der Waals surface area contributed by atoms with Crippen molar-refractivity contribution in [3.8, 4) is 5.75 Å². The molecular formula is C20H17NO5S. The predicted molar refractivity (Wildman–Crippen MR) is 105 cm³/mol. The predicted octanol–water partition coefficient (Wildman–Crippen LogP) is 3.72. The van der Waals surface area contributed by atoms with Crippen molar-refractivity contribution in [3.05, 3.63) is 77.7 Å². The number of ether oxygens (including phenoxy) is 1. The Hall–Kier alpha value is -3.32. The Bertz CT molecular complexity index is 1090. The number of hydrogen-bond donors (Lipinski definition) is 2. The lowest BCUT2D eigenvalue weighted by Gasteiger charge is -2.10. The van der Waals surface area contributed by atoms with E-state index in [9.17, 15) is 13.2 Å². The summed E-state index contributed by atoms with van der Waals surface area (Å²) in [6.07, 6.45) is 1.52. The van der Waals surface area contributed by atoms with Crippen LogP contribution in [0.15, 0.2) is 72.1 Å². The van der Waals surface area contributed by atoms with Crippen LogP contribution in [0.4, 0.5) is 5.69 Å². The molecule has 0 saturated heterocycles. The molecule has 0 unspecified atom stereocenters. The summed E-state index contributed by atoms with van der Waals surface area (Å²) in [6.45, 7) is -0.447. The maximum Gasteiger partial charge on any atom is 0.341 e. The number of nitrogens with one attached hydrogen (secondary N) is 1. The summed E-state index contributed by atoms with van der Waals surface area (Å²) in [6, 6.07) is 19.2. The SMILES string of the molecule is O=C(O)COc1cccc2cc(NS(=O)(=O)/C=C/c3ccccc3)ccc12. The fourth-order valence-electron chi connectivity index (χ4n) is 2.51. The first-order valence-electron chi connectivity index (χ1n) is 8.06. The number of sulfonamides is 1. The van der Waals surface area contributed by atoms with Gasteiger partial charge in [0.1, 0.15) is 5.75 Å². The van der Waals surface area contributed by atoms with E-state index in [4.69, 9.17) is 9.84 Å². The molecule has 0 radical (unpaired) electrons. The number of carbonyl (C=O) groups is 1. The van der Waals surface area contributed by atoms with Crippen molar-refractivity contribution in [2.24, 2.45) is 0 Å². The number of rotatable bonds is 7. The van der Waals surface area contributed by atoms with Gasteiger partial charge in [-0.05, 0) is 41.3 Å². The van der Waals surface area contributed by atoms with Gasteiger partial charge < -0.3 is 9.84 Å². The Morgan fingerprint density at radius 2 is 1.81 bits per heavy atom. The van der Waals surface area contributed by atoms with Crippen LogP contribution in [0.25, 0.3) is 16.8 Å². The van der Waals surface area contributed by atoms with Gasteiger partial charge >= 0.3 is 5.97 Å². The molecule has 0 bridgehead atoms. The highest BCUT2D eigenvalue weighted by Crippen LogP contribution is 2.28. The first kappa shape index (κ1) is 18.5. The summed E-state index contributed by atoms with van der Waals surface area (Å²) in [5.41, 5.74) is 1.18. The second kappa shape index (κ2) is 7.92. The van der Waals surface area contributed by atoms with Gasteiger partial charge in [0.25, 0.3) is 10.0 Å². The number of anilines is 1. The highest BCUT2D eigenvalue weighted by atomic mass is 32.2. The van der Waals surface area contributed by atoms with Crippen LogP contribution in [0.2, 0.25) is 0 Å². The van der Waals surface area contributed by atoms with Gasteiger partial charge in [-0.1, -0.05) is 42.5 Å². The normalized spacial score (nSPS) is 11.6. The molecule has 27 heavy (non-hydrogen) atoms. The minimum atomic E-state index is -3.67. The molecule has 0 aliphatic heterocycles. The number of aliphatic carboxylic acids is 1. The molecule has 0 saturated carbocycles. The number of fused-ring (bicyclic) bond motifs is 1. The van der Waals surface area contributed by atoms with Gasteiger partial charge in [0.05, 0.1) is 5.41 Å². The first-order valence-corrected chi connectivity index (χ1v) is 9.61. The molecule has 0 atom stereocenters. The quantitative estimate of drug-likeness (QED) is 0.649. The lowest BCUT2D eigenvalue weighted by atomic mass is 10.1. The Morgan fingerprint density at radius 3 is 2.56 bits per heavy atom. The van der Waals surface area contributed by atoms with Crippen molar-refractivity contribution in [2.75, 3.05) is 11.3 Å². The lowest BCUT2D eigenvalue weighted by Crippen LogP contribution is -2.10. The zero-order chi connectivity index (χ0) is 19.3. The topological polar surface area (TPSA) is 92.7 Å². The second-order valence-electron chi connectivity index (χ2n) is 5.73. The molecule has 0 aliphatic carbocycles. The fourth-order valence-corrected chi connectivity index (χ4v) is 3.37. The van der Waals surface area contributed by atoms with E-state index in [1.807, 2.05) is 18.2 Å². The minimum absolute atomic E-state index is 0.399. The van der Waals surface area contributed by atoms with E-state index < -0.39 is 22.6 Å². The summed E-state index contributed by atoms with van der Waals surface area (Å²) in [5.74, 6) is -0.644. The average Bonchev–Trinajstić information content (AvgIpc) is 2.65. The van der Waals surface area contributed by atoms with Crippen LogP contribution in [-0.2, 0) is 14.8 Å². The first-order chi connectivity index (χ1) is 12.9. The van der Waals surface area contributed by atoms with Gasteiger partial charge in [-0.3, -0.25) is 4.72 Å². The largest absolute Gasteiger partial charge is 0.481 e.